The highest BCUT2D eigenvalue weighted by Gasteiger charge is 2.35. The molecular weight excluding hydrogens is 450 g/mol. The van der Waals surface area contributed by atoms with Crippen LogP contribution in [0.25, 0.3) is 11.3 Å². The van der Waals surface area contributed by atoms with Crippen LogP contribution in [0.4, 0.5) is 5.69 Å². The van der Waals surface area contributed by atoms with Crippen molar-refractivity contribution in [3.8, 4) is 22.8 Å². The average molecular weight is 480 g/mol. The van der Waals surface area contributed by atoms with Gasteiger partial charge in [0.25, 0.3) is 0 Å². The van der Waals surface area contributed by atoms with Crippen LogP contribution in [0.1, 0.15) is 43.1 Å². The fourth-order valence-corrected chi connectivity index (χ4v) is 3.87. The number of methoxy groups -OCH3 is 1. The summed E-state index contributed by atoms with van der Waals surface area (Å²) in [5.74, 6) is -0.400. The lowest BCUT2D eigenvalue weighted by Crippen LogP contribution is -2.53. The Morgan fingerprint density at radius 2 is 1.89 bits per heavy atom. The standard InChI is InChI=1S/C26H29N3O6/c1-16-12-19(7-9-20(16)17(2)30)34-11-10-26(3,4)29(25(32)24(27)31)18-6-8-21(22(13-18)33-5)23-14-28-15-35-23/h6-9,12-15H,10-11H2,1-5H3,(H2,27,31). The minimum absolute atomic E-state index is 0.0134. The van der Waals surface area contributed by atoms with E-state index in [1.165, 1.54) is 25.3 Å². The number of ketones is 1. The summed E-state index contributed by atoms with van der Waals surface area (Å²) < 4.78 is 16.7. The lowest BCUT2D eigenvalue weighted by Gasteiger charge is -2.38. The van der Waals surface area contributed by atoms with Crippen molar-refractivity contribution in [3.63, 3.8) is 0 Å². The lowest BCUT2D eigenvalue weighted by molar-refractivity contribution is -0.136. The molecule has 0 atom stereocenters. The Morgan fingerprint density at radius 3 is 2.46 bits per heavy atom. The van der Waals surface area contributed by atoms with E-state index in [4.69, 9.17) is 19.6 Å². The van der Waals surface area contributed by atoms with Gasteiger partial charge in [0.1, 0.15) is 11.5 Å². The van der Waals surface area contributed by atoms with Gasteiger partial charge in [0.05, 0.1) is 25.5 Å². The average Bonchev–Trinajstić information content (AvgIpc) is 3.33. The molecule has 0 fully saturated rings. The first-order valence-corrected chi connectivity index (χ1v) is 11.0. The summed E-state index contributed by atoms with van der Waals surface area (Å²) in [6.45, 7) is 7.25. The van der Waals surface area contributed by atoms with Crippen LogP contribution in [0, 0.1) is 6.92 Å². The number of benzene rings is 2. The SMILES string of the molecule is COc1cc(N(C(=O)C(N)=O)C(C)(C)CCOc2ccc(C(C)=O)c(C)c2)ccc1-c1cnco1. The van der Waals surface area contributed by atoms with Crippen LogP contribution in [0.2, 0.25) is 0 Å². The van der Waals surface area contributed by atoms with E-state index in [1.54, 1.807) is 42.6 Å². The molecule has 3 aromatic rings. The van der Waals surface area contributed by atoms with Crippen molar-refractivity contribution < 1.29 is 28.3 Å². The van der Waals surface area contributed by atoms with Gasteiger partial charge in [-0.1, -0.05) is 0 Å². The van der Waals surface area contributed by atoms with Crippen LogP contribution < -0.4 is 20.1 Å². The third-order valence-corrected chi connectivity index (χ3v) is 5.72. The van der Waals surface area contributed by atoms with E-state index in [2.05, 4.69) is 4.98 Å². The van der Waals surface area contributed by atoms with E-state index in [9.17, 15) is 14.4 Å². The maximum absolute atomic E-state index is 12.9. The summed E-state index contributed by atoms with van der Waals surface area (Å²) in [5.41, 5.74) is 7.06. The van der Waals surface area contributed by atoms with Crippen molar-refractivity contribution in [2.75, 3.05) is 18.6 Å². The van der Waals surface area contributed by atoms with Crippen molar-refractivity contribution in [1.82, 2.24) is 4.98 Å². The molecule has 0 aliphatic rings. The molecule has 0 saturated carbocycles. The Bertz CT molecular complexity index is 1230. The smallest absolute Gasteiger partial charge is 0.316 e. The molecule has 9 nitrogen and oxygen atoms in total. The highest BCUT2D eigenvalue weighted by molar-refractivity contribution is 6.40. The van der Waals surface area contributed by atoms with Crippen molar-refractivity contribution in [1.29, 1.82) is 0 Å². The number of aryl methyl sites for hydroxylation is 1. The van der Waals surface area contributed by atoms with Crippen molar-refractivity contribution in [3.05, 3.63) is 60.1 Å². The minimum atomic E-state index is -1.08. The number of Topliss-reactive ketones (excluding diaryl/α,β-unsaturated/α-hetero) is 1. The van der Waals surface area contributed by atoms with Crippen molar-refractivity contribution in [2.24, 2.45) is 5.73 Å². The number of nitrogens with two attached hydrogens (primary N) is 1. The van der Waals surface area contributed by atoms with E-state index < -0.39 is 17.4 Å². The quantitative estimate of drug-likeness (QED) is 0.364. The Labute approximate surface area is 203 Å². The van der Waals surface area contributed by atoms with Crippen LogP contribution >= 0.6 is 0 Å². The van der Waals surface area contributed by atoms with Gasteiger partial charge >= 0.3 is 11.8 Å². The predicted octanol–water partition coefficient (Wildman–Crippen LogP) is 3.93. The molecule has 2 aromatic carbocycles. The summed E-state index contributed by atoms with van der Waals surface area (Å²) in [4.78, 5) is 41.7. The normalized spacial score (nSPS) is 11.1. The minimum Gasteiger partial charge on any atom is -0.496 e. The van der Waals surface area contributed by atoms with Gasteiger partial charge in [0.2, 0.25) is 0 Å². The highest BCUT2D eigenvalue weighted by Crippen LogP contribution is 2.36. The maximum atomic E-state index is 12.9. The summed E-state index contributed by atoms with van der Waals surface area (Å²) in [6.07, 6.45) is 3.24. The number of nitrogens with zero attached hydrogens (tertiary/aromatic N) is 2. The molecule has 0 aliphatic carbocycles. The molecular formula is C26H29N3O6. The monoisotopic (exact) mass is 479 g/mol. The number of aromatic nitrogens is 1. The molecule has 0 aliphatic heterocycles. The Balaban J connectivity index is 1.85. The molecule has 1 heterocycles. The highest BCUT2D eigenvalue weighted by atomic mass is 16.5. The van der Waals surface area contributed by atoms with Gasteiger partial charge in [-0.2, -0.15) is 0 Å². The van der Waals surface area contributed by atoms with Gasteiger partial charge in [-0.05, 0) is 63.6 Å². The number of carbonyl (C=O) groups is 3. The van der Waals surface area contributed by atoms with Crippen molar-refractivity contribution >= 4 is 23.3 Å². The Kier molecular flexibility index (Phi) is 7.58. The molecule has 0 bridgehead atoms. The van der Waals surface area contributed by atoms with Crippen LogP contribution in [-0.2, 0) is 9.59 Å². The number of oxazole rings is 1. The Morgan fingerprint density at radius 1 is 1.14 bits per heavy atom. The number of hydrogen-bond acceptors (Lipinski definition) is 7. The van der Waals surface area contributed by atoms with Crippen LogP contribution in [0.15, 0.2) is 53.4 Å². The zero-order chi connectivity index (χ0) is 25.8. The topological polar surface area (TPSA) is 125 Å². The molecule has 2 amide bonds. The second-order valence-electron chi connectivity index (χ2n) is 8.70. The van der Waals surface area contributed by atoms with Gasteiger partial charge in [0, 0.05) is 29.3 Å². The molecule has 1 aromatic heterocycles. The molecule has 2 N–H and O–H groups in total. The number of hydrogen-bond donors (Lipinski definition) is 1. The number of carbonyl (C=O) groups excluding carboxylic acids is 3. The first-order chi connectivity index (χ1) is 16.5. The van der Waals surface area contributed by atoms with E-state index in [0.29, 0.717) is 40.5 Å². The van der Waals surface area contributed by atoms with Gasteiger partial charge in [-0.3, -0.25) is 19.3 Å². The zero-order valence-electron chi connectivity index (χ0n) is 20.5. The number of rotatable bonds is 9. The summed E-state index contributed by atoms with van der Waals surface area (Å²) in [5, 5.41) is 0. The number of amides is 2. The molecule has 184 valence electrons. The maximum Gasteiger partial charge on any atom is 0.316 e. The van der Waals surface area contributed by atoms with Crippen LogP contribution in [0.5, 0.6) is 11.5 Å². The number of primary amides is 1. The summed E-state index contributed by atoms with van der Waals surface area (Å²) in [6, 6.07) is 10.3. The fraction of sp³-hybridized carbons (Fsp3) is 0.308. The first kappa shape index (κ1) is 25.5. The van der Waals surface area contributed by atoms with Crippen molar-refractivity contribution in [2.45, 2.75) is 39.7 Å². The summed E-state index contributed by atoms with van der Waals surface area (Å²) >= 11 is 0. The lowest BCUT2D eigenvalue weighted by atomic mass is 9.96. The van der Waals surface area contributed by atoms with E-state index in [-0.39, 0.29) is 12.4 Å². The predicted molar refractivity (Wildman–Crippen MR) is 131 cm³/mol. The van der Waals surface area contributed by atoms with Crippen LogP contribution in [0.3, 0.4) is 0 Å². The van der Waals surface area contributed by atoms with Crippen LogP contribution in [-0.4, -0.2) is 41.8 Å². The second-order valence-corrected chi connectivity index (χ2v) is 8.70. The second kappa shape index (κ2) is 10.4. The van der Waals surface area contributed by atoms with Gasteiger partial charge in [0.15, 0.2) is 17.9 Å². The molecule has 0 radical (unpaired) electrons. The fourth-order valence-electron chi connectivity index (χ4n) is 3.87. The van der Waals surface area contributed by atoms with E-state index in [1.807, 2.05) is 20.8 Å². The molecule has 0 unspecified atom stereocenters. The van der Waals surface area contributed by atoms with Gasteiger partial charge < -0.3 is 19.6 Å². The van der Waals surface area contributed by atoms with Gasteiger partial charge in [-0.25, -0.2) is 4.98 Å². The zero-order valence-corrected chi connectivity index (χ0v) is 20.5. The summed E-state index contributed by atoms with van der Waals surface area (Å²) in [7, 11) is 1.50. The van der Waals surface area contributed by atoms with E-state index in [0.717, 1.165) is 5.56 Å². The third-order valence-electron chi connectivity index (χ3n) is 5.72. The molecule has 35 heavy (non-hydrogen) atoms. The molecule has 3 rings (SSSR count). The number of anilines is 1. The molecule has 0 spiro atoms. The number of ether oxygens (including phenoxy) is 2. The largest absolute Gasteiger partial charge is 0.496 e. The first-order valence-electron chi connectivity index (χ1n) is 11.0. The van der Waals surface area contributed by atoms with Gasteiger partial charge in [-0.15, -0.1) is 0 Å². The molecule has 0 saturated heterocycles. The third kappa shape index (κ3) is 5.68. The Hall–Kier alpha value is -4.14. The molecule has 9 heteroatoms. The van der Waals surface area contributed by atoms with E-state index >= 15 is 0 Å².